The maximum absolute atomic E-state index is 11.2. The molecule has 0 atom stereocenters. The third-order valence-electron chi connectivity index (χ3n) is 1.84. The molecule has 1 saturated heterocycles. The van der Waals surface area contributed by atoms with Crippen molar-refractivity contribution in [3.05, 3.63) is 0 Å². The van der Waals surface area contributed by atoms with Crippen molar-refractivity contribution in [1.29, 1.82) is 0 Å². The average Bonchev–Trinajstić information content (AvgIpc) is 1.79. The second-order valence-electron chi connectivity index (χ2n) is 3.49. The van der Waals surface area contributed by atoms with Crippen molar-refractivity contribution in [1.82, 2.24) is 10.6 Å². The predicted octanol–water partition coefficient (Wildman–Crippen LogP) is -0.0220. The standard InChI is InChI=1S/C8H16N2O/c1-6(2)3-10-8(11)7-4-9-5-7/h6-7,9H,3-5H2,1-2H3,(H,10,11). The number of amides is 1. The summed E-state index contributed by atoms with van der Waals surface area (Å²) < 4.78 is 0. The van der Waals surface area contributed by atoms with E-state index in [1.54, 1.807) is 0 Å². The van der Waals surface area contributed by atoms with Gasteiger partial charge in [-0.15, -0.1) is 0 Å². The van der Waals surface area contributed by atoms with Gasteiger partial charge in [-0.1, -0.05) is 13.8 Å². The quantitative estimate of drug-likeness (QED) is 0.603. The molecule has 0 aromatic heterocycles. The number of nitrogens with one attached hydrogen (secondary N) is 2. The van der Waals surface area contributed by atoms with Crippen LogP contribution in [0.3, 0.4) is 0 Å². The van der Waals surface area contributed by atoms with E-state index in [1.165, 1.54) is 0 Å². The van der Waals surface area contributed by atoms with Crippen LogP contribution in [0.25, 0.3) is 0 Å². The zero-order valence-electron chi connectivity index (χ0n) is 7.18. The minimum Gasteiger partial charge on any atom is -0.356 e. The SMILES string of the molecule is CC(C)CNC(=O)C1CNC1. The summed E-state index contributed by atoms with van der Waals surface area (Å²) in [5.74, 6) is 0.984. The summed E-state index contributed by atoms with van der Waals surface area (Å²) in [5.41, 5.74) is 0. The van der Waals surface area contributed by atoms with Gasteiger partial charge in [0.25, 0.3) is 0 Å². The van der Waals surface area contributed by atoms with Gasteiger partial charge in [-0.2, -0.15) is 0 Å². The Hall–Kier alpha value is -0.570. The molecule has 1 aliphatic rings. The third kappa shape index (κ3) is 2.50. The van der Waals surface area contributed by atoms with E-state index in [-0.39, 0.29) is 11.8 Å². The van der Waals surface area contributed by atoms with Crippen LogP contribution in [0, 0.1) is 11.8 Å². The molecule has 1 heterocycles. The van der Waals surface area contributed by atoms with Crippen LogP contribution in [0.4, 0.5) is 0 Å². The van der Waals surface area contributed by atoms with Crippen LogP contribution in [-0.4, -0.2) is 25.5 Å². The molecule has 0 bridgehead atoms. The summed E-state index contributed by atoms with van der Waals surface area (Å²) in [6.45, 7) is 6.70. The van der Waals surface area contributed by atoms with E-state index in [0.29, 0.717) is 5.92 Å². The predicted molar refractivity (Wildman–Crippen MR) is 44.2 cm³/mol. The van der Waals surface area contributed by atoms with Gasteiger partial charge in [0.15, 0.2) is 0 Å². The Kier molecular flexibility index (Phi) is 2.88. The average molecular weight is 156 g/mol. The van der Waals surface area contributed by atoms with E-state index in [0.717, 1.165) is 19.6 Å². The van der Waals surface area contributed by atoms with Gasteiger partial charge in [0.2, 0.25) is 5.91 Å². The Balaban J connectivity index is 2.10. The van der Waals surface area contributed by atoms with Gasteiger partial charge in [-0.3, -0.25) is 4.79 Å². The minimum absolute atomic E-state index is 0.206. The Labute approximate surface area is 67.5 Å². The van der Waals surface area contributed by atoms with Crippen molar-refractivity contribution < 1.29 is 4.79 Å². The van der Waals surface area contributed by atoms with Gasteiger partial charge < -0.3 is 10.6 Å². The van der Waals surface area contributed by atoms with Crippen molar-refractivity contribution >= 4 is 5.91 Å². The van der Waals surface area contributed by atoms with Crippen molar-refractivity contribution in [2.24, 2.45) is 11.8 Å². The van der Waals surface area contributed by atoms with Crippen LogP contribution < -0.4 is 10.6 Å². The largest absolute Gasteiger partial charge is 0.356 e. The van der Waals surface area contributed by atoms with Crippen LogP contribution >= 0.6 is 0 Å². The first-order valence-electron chi connectivity index (χ1n) is 4.18. The minimum atomic E-state index is 0.206. The molecule has 0 aliphatic carbocycles. The molecule has 3 nitrogen and oxygen atoms in total. The fourth-order valence-electron chi connectivity index (χ4n) is 0.923. The smallest absolute Gasteiger partial charge is 0.225 e. The van der Waals surface area contributed by atoms with Crippen LogP contribution in [0.2, 0.25) is 0 Å². The fraction of sp³-hybridized carbons (Fsp3) is 0.875. The molecule has 3 heteroatoms. The van der Waals surface area contributed by atoms with Crippen LogP contribution in [0.5, 0.6) is 0 Å². The Morgan fingerprint density at radius 1 is 1.64 bits per heavy atom. The lowest BCUT2D eigenvalue weighted by atomic mass is 10.0. The maximum Gasteiger partial charge on any atom is 0.225 e. The first kappa shape index (κ1) is 8.53. The summed E-state index contributed by atoms with van der Waals surface area (Å²) in [6, 6.07) is 0. The van der Waals surface area contributed by atoms with Crippen molar-refractivity contribution in [3.63, 3.8) is 0 Å². The molecule has 1 fully saturated rings. The molecule has 1 rings (SSSR count). The Morgan fingerprint density at radius 2 is 2.27 bits per heavy atom. The first-order chi connectivity index (χ1) is 5.20. The summed E-state index contributed by atoms with van der Waals surface area (Å²) in [6.07, 6.45) is 0. The van der Waals surface area contributed by atoms with Gasteiger partial charge >= 0.3 is 0 Å². The van der Waals surface area contributed by atoms with E-state index in [4.69, 9.17) is 0 Å². The maximum atomic E-state index is 11.2. The molecule has 11 heavy (non-hydrogen) atoms. The lowest BCUT2D eigenvalue weighted by Crippen LogP contribution is -2.51. The van der Waals surface area contributed by atoms with E-state index in [1.807, 2.05) is 0 Å². The molecular formula is C8H16N2O. The van der Waals surface area contributed by atoms with E-state index < -0.39 is 0 Å². The van der Waals surface area contributed by atoms with E-state index in [2.05, 4.69) is 24.5 Å². The normalized spacial score (nSPS) is 18.1. The summed E-state index contributed by atoms with van der Waals surface area (Å²) in [5, 5.41) is 5.97. The molecule has 1 aliphatic heterocycles. The molecule has 0 unspecified atom stereocenters. The highest BCUT2D eigenvalue weighted by Crippen LogP contribution is 2.02. The molecule has 0 radical (unpaired) electrons. The number of rotatable bonds is 3. The highest BCUT2D eigenvalue weighted by molar-refractivity contribution is 5.79. The number of carbonyl (C=O) groups is 1. The van der Waals surface area contributed by atoms with Crippen molar-refractivity contribution in [2.75, 3.05) is 19.6 Å². The van der Waals surface area contributed by atoms with Crippen LogP contribution in [-0.2, 0) is 4.79 Å². The lowest BCUT2D eigenvalue weighted by molar-refractivity contribution is -0.126. The number of hydrogen-bond donors (Lipinski definition) is 2. The van der Waals surface area contributed by atoms with Gasteiger partial charge in [-0.05, 0) is 5.92 Å². The zero-order valence-corrected chi connectivity index (χ0v) is 7.18. The molecule has 1 amide bonds. The summed E-state index contributed by atoms with van der Waals surface area (Å²) >= 11 is 0. The third-order valence-corrected chi connectivity index (χ3v) is 1.84. The topological polar surface area (TPSA) is 41.1 Å². The molecule has 0 aromatic carbocycles. The molecule has 0 spiro atoms. The van der Waals surface area contributed by atoms with Crippen molar-refractivity contribution in [3.8, 4) is 0 Å². The second-order valence-corrected chi connectivity index (χ2v) is 3.49. The lowest BCUT2D eigenvalue weighted by Gasteiger charge is -2.26. The first-order valence-corrected chi connectivity index (χ1v) is 4.18. The van der Waals surface area contributed by atoms with E-state index in [9.17, 15) is 4.79 Å². The Bertz CT molecular complexity index is 141. The summed E-state index contributed by atoms with van der Waals surface area (Å²) in [4.78, 5) is 11.2. The Morgan fingerprint density at radius 3 is 2.64 bits per heavy atom. The van der Waals surface area contributed by atoms with Crippen LogP contribution in [0.15, 0.2) is 0 Å². The van der Waals surface area contributed by atoms with Gasteiger partial charge in [0.05, 0.1) is 5.92 Å². The summed E-state index contributed by atoms with van der Waals surface area (Å²) in [7, 11) is 0. The molecular weight excluding hydrogens is 140 g/mol. The second kappa shape index (κ2) is 3.72. The molecule has 64 valence electrons. The highest BCUT2D eigenvalue weighted by atomic mass is 16.2. The van der Waals surface area contributed by atoms with Gasteiger partial charge in [-0.25, -0.2) is 0 Å². The fourth-order valence-corrected chi connectivity index (χ4v) is 0.923. The van der Waals surface area contributed by atoms with Crippen molar-refractivity contribution in [2.45, 2.75) is 13.8 Å². The van der Waals surface area contributed by atoms with Gasteiger partial charge in [0.1, 0.15) is 0 Å². The number of carbonyl (C=O) groups excluding carboxylic acids is 1. The van der Waals surface area contributed by atoms with Gasteiger partial charge in [0, 0.05) is 19.6 Å². The highest BCUT2D eigenvalue weighted by Gasteiger charge is 2.24. The molecule has 2 N–H and O–H groups in total. The zero-order chi connectivity index (χ0) is 8.27. The molecule has 0 aromatic rings. The van der Waals surface area contributed by atoms with Crippen LogP contribution in [0.1, 0.15) is 13.8 Å². The molecule has 0 saturated carbocycles. The monoisotopic (exact) mass is 156 g/mol. The number of hydrogen-bond acceptors (Lipinski definition) is 2. The van der Waals surface area contributed by atoms with E-state index >= 15 is 0 Å².